The van der Waals surface area contributed by atoms with Crippen LogP contribution in [-0.2, 0) is 0 Å². The van der Waals surface area contributed by atoms with Gasteiger partial charge in [-0.25, -0.2) is 0 Å². The summed E-state index contributed by atoms with van der Waals surface area (Å²) in [5.74, 6) is 0. The third-order valence-electron chi connectivity index (χ3n) is 7.85. The first kappa shape index (κ1) is 41.7. The van der Waals surface area contributed by atoms with Crippen LogP contribution in [-0.4, -0.2) is 53.9 Å². The molecule has 0 saturated heterocycles. The van der Waals surface area contributed by atoms with E-state index in [0.29, 0.717) is 20.2 Å². The summed E-state index contributed by atoms with van der Waals surface area (Å²) in [4.78, 5) is 0. The molecule has 0 bridgehead atoms. The molecule has 32 heavy (non-hydrogen) atoms. The van der Waals surface area contributed by atoms with Crippen molar-refractivity contribution in [2.45, 2.75) is 156 Å². The van der Waals surface area contributed by atoms with Gasteiger partial charge in [-0.1, -0.05) is 135 Å². The minimum absolute atomic E-state index is 0.0502. The number of rotatable bonds is 2. The molecule has 0 aromatic rings. The Morgan fingerprint density at radius 3 is 0.688 bits per heavy atom. The van der Waals surface area contributed by atoms with Crippen molar-refractivity contribution in [3.05, 3.63) is 0 Å². The third kappa shape index (κ3) is 16.4. The Labute approximate surface area is 236 Å². The van der Waals surface area contributed by atoms with Crippen molar-refractivity contribution >= 4 is 83.2 Å². The number of halogens is 2. The van der Waals surface area contributed by atoms with E-state index in [9.17, 15) is 0 Å². The van der Waals surface area contributed by atoms with Crippen LogP contribution in [0.15, 0.2) is 0 Å². The molecule has 0 unspecified atom stereocenters. The van der Waals surface area contributed by atoms with Gasteiger partial charge in [0.25, 0.3) is 0 Å². The summed E-state index contributed by atoms with van der Waals surface area (Å²) >= 11 is 8.97. The van der Waals surface area contributed by atoms with Gasteiger partial charge in [0.15, 0.2) is 0 Å². The molecule has 0 nitrogen and oxygen atoms in total. The summed E-state index contributed by atoms with van der Waals surface area (Å²) in [6.07, 6.45) is 0. The summed E-state index contributed by atoms with van der Waals surface area (Å²) < 4.78 is 0. The quantitative estimate of drug-likeness (QED) is 0.197. The fraction of sp³-hybridized carbons (Fsp3) is 1.00. The van der Waals surface area contributed by atoms with Crippen LogP contribution in [0.3, 0.4) is 0 Å². The van der Waals surface area contributed by atoms with Gasteiger partial charge in [0.05, 0.1) is 15.2 Å². The molecule has 0 aromatic heterocycles. The van der Waals surface area contributed by atoms with Crippen molar-refractivity contribution in [3.63, 3.8) is 0 Å². The Kier molecular flexibility index (Phi) is 20.5. The summed E-state index contributed by atoms with van der Waals surface area (Å²) in [5.41, 5.74) is 0. The molecule has 0 heterocycles. The van der Waals surface area contributed by atoms with Crippen LogP contribution in [0.1, 0.15) is 83.1 Å². The van der Waals surface area contributed by atoms with Crippen molar-refractivity contribution in [2.75, 3.05) is 0 Å². The first-order valence-corrected chi connectivity index (χ1v) is 33.5. The second kappa shape index (κ2) is 15.8. The second-order valence-corrected chi connectivity index (χ2v) is 50.5. The van der Waals surface area contributed by atoms with Gasteiger partial charge in [-0.15, -0.1) is 15.3 Å². The molecular weight excluding hydrogens is 661 g/mol. The monoisotopic (exact) mass is 720 g/mol. The van der Waals surface area contributed by atoms with Crippen LogP contribution in [0.25, 0.3) is 0 Å². The molecule has 0 aliphatic carbocycles. The zero-order valence-corrected chi connectivity index (χ0v) is 36.0. The van der Waals surface area contributed by atoms with Gasteiger partial charge in [0, 0.05) is 17.6 Å². The third-order valence-corrected chi connectivity index (χ3v) is 63.7. The molecule has 0 N–H and O–H groups in total. The molecule has 0 amide bonds. The normalized spacial score (nSPS) is 13.7. The van der Waals surface area contributed by atoms with Gasteiger partial charge < -0.3 is 0 Å². The summed E-state index contributed by atoms with van der Waals surface area (Å²) in [7, 11) is -2.45. The van der Waals surface area contributed by atoms with Crippen molar-refractivity contribution in [3.8, 4) is 0 Å². The maximum atomic E-state index is 4.22. The first-order valence-electron chi connectivity index (χ1n) is 11.9. The van der Waals surface area contributed by atoms with Crippen molar-refractivity contribution in [1.82, 2.24) is 0 Å². The number of hydrogen-bond donors (Lipinski definition) is 0. The second-order valence-electron chi connectivity index (χ2n) is 14.6. The van der Waals surface area contributed by atoms with Gasteiger partial charge in [-0.2, -0.15) is 0 Å². The molecule has 0 fully saturated rings. The van der Waals surface area contributed by atoms with E-state index in [0.717, 1.165) is 0 Å². The van der Waals surface area contributed by atoms with Crippen LogP contribution in [0, 0.1) is 0 Å². The molecule has 194 valence electrons. The van der Waals surface area contributed by atoms with Gasteiger partial charge in [0.1, 0.15) is 6.45 Å². The molecule has 0 saturated carbocycles. The predicted octanol–water partition coefficient (Wildman–Crippen LogP) is 11.1. The van der Waals surface area contributed by atoms with E-state index >= 15 is 0 Å². The van der Waals surface area contributed by atoms with Gasteiger partial charge >= 0.3 is 28.7 Å². The molecule has 0 aliphatic rings. The molecule has 6 radical (unpaired) electrons. The minimum atomic E-state index is -1.17. The van der Waals surface area contributed by atoms with Gasteiger partial charge in [-0.05, 0) is 20.2 Å². The van der Waals surface area contributed by atoms with Crippen LogP contribution < -0.4 is 0 Å². The molecule has 0 rings (SSSR count). The van der Waals surface area contributed by atoms with E-state index in [2.05, 4.69) is 165 Å². The van der Waals surface area contributed by atoms with E-state index in [1.807, 2.05) is 14.7 Å². The molecule has 0 aliphatic heterocycles. The van der Waals surface area contributed by atoms with E-state index in [4.69, 9.17) is 0 Å². The average molecular weight is 722 g/mol. The zero-order valence-electron chi connectivity index (χ0n) is 25.8. The Balaban J connectivity index is -0.000000203. The van der Waals surface area contributed by atoms with E-state index < -0.39 is 15.2 Å². The first-order chi connectivity index (χ1) is 13.5. The SMILES string of the molecule is CC(C)(C)[Si](C)(C)[Si](Br)[Si](C)(C)C(C)(C)C.C[Si](C)C(C)(C)C.C[Si](C)C(C)(C)C.[Ge][Br]. The Morgan fingerprint density at radius 2 is 0.625 bits per heavy atom. The predicted molar refractivity (Wildman–Crippen MR) is 178 cm³/mol. The van der Waals surface area contributed by atoms with Crippen LogP contribution in [0.4, 0.5) is 0 Å². The van der Waals surface area contributed by atoms with Crippen molar-refractivity contribution < 1.29 is 0 Å². The number of hydrogen-bond acceptors (Lipinski definition) is 0. The molecule has 8 heteroatoms. The van der Waals surface area contributed by atoms with Crippen LogP contribution in [0.5, 0.6) is 0 Å². The van der Waals surface area contributed by atoms with Crippen LogP contribution >= 0.6 is 29.3 Å². The molecule has 0 atom stereocenters. The standard InChI is InChI=1S/C12H30BrSi3.2C6H15Si.BrGe/c1-11(2,3)15(7,8)14(13)16(9,10)12(4,5)6;2*1-6(2,3)7(4)5;1-2/h1-10H3;2*1-5H3;. The Morgan fingerprint density at radius 1 is 0.500 bits per heavy atom. The summed E-state index contributed by atoms with van der Waals surface area (Å²) in [6.45, 7) is 47.9. The van der Waals surface area contributed by atoms with Gasteiger partial charge in [0.2, 0.25) is 0 Å². The average Bonchev–Trinajstić information content (AvgIpc) is 2.53. The van der Waals surface area contributed by atoms with Crippen molar-refractivity contribution in [1.29, 1.82) is 0 Å². The van der Waals surface area contributed by atoms with E-state index in [1.165, 1.54) is 0 Å². The van der Waals surface area contributed by atoms with Crippen molar-refractivity contribution in [2.24, 2.45) is 0 Å². The Bertz CT molecular complexity index is 437. The maximum absolute atomic E-state index is 4.22. The Hall–Kier alpha value is 2.59. The fourth-order valence-corrected chi connectivity index (χ4v) is 44.5. The fourth-order valence-electron chi connectivity index (χ4n) is 1.44. The van der Waals surface area contributed by atoms with Gasteiger partial charge in [-0.3, -0.25) is 0 Å². The van der Waals surface area contributed by atoms with Crippen LogP contribution in [0.2, 0.25) is 72.5 Å². The van der Waals surface area contributed by atoms with E-state index in [1.54, 1.807) is 0 Å². The van der Waals surface area contributed by atoms with E-state index in [-0.39, 0.29) is 24.0 Å². The summed E-state index contributed by atoms with van der Waals surface area (Å²) in [5, 5.41) is 2.23. The topological polar surface area (TPSA) is 0 Å². The zero-order chi connectivity index (χ0) is 27.7. The molecular formula is C24H60Br2GeSi5. The summed E-state index contributed by atoms with van der Waals surface area (Å²) in [6, 6.07) is 0. The molecule has 0 aromatic carbocycles. The molecule has 0 spiro atoms.